The van der Waals surface area contributed by atoms with E-state index in [4.69, 9.17) is 5.11 Å². The highest BCUT2D eigenvalue weighted by Crippen LogP contribution is 2.16. The number of carbonyl (C=O) groups is 1. The van der Waals surface area contributed by atoms with Crippen molar-refractivity contribution in [2.24, 2.45) is 0 Å². The van der Waals surface area contributed by atoms with E-state index in [-0.39, 0.29) is 12.0 Å². The Bertz CT molecular complexity index is 166. The van der Waals surface area contributed by atoms with Crippen molar-refractivity contribution in [3.05, 3.63) is 0 Å². The molecule has 1 amide bonds. The van der Waals surface area contributed by atoms with Gasteiger partial charge in [0.2, 0.25) is 5.91 Å². The third-order valence-corrected chi connectivity index (χ3v) is 2.98. The zero-order valence-corrected chi connectivity index (χ0v) is 9.50. The number of hydrogen-bond donors (Lipinski definition) is 2. The summed E-state index contributed by atoms with van der Waals surface area (Å²) < 4.78 is 0. The van der Waals surface area contributed by atoms with Gasteiger partial charge in [-0.05, 0) is 25.7 Å². The lowest BCUT2D eigenvalue weighted by atomic mass is 9.98. The van der Waals surface area contributed by atoms with Crippen LogP contribution in [0.3, 0.4) is 0 Å². The molecule has 1 saturated carbocycles. The fraction of sp³-hybridized carbons (Fsp3) is 0.917. The molecule has 0 unspecified atom stereocenters. The number of hydrogen-bond acceptors (Lipinski definition) is 2. The third-order valence-electron chi connectivity index (χ3n) is 2.98. The molecule has 1 aliphatic heterocycles. The van der Waals surface area contributed by atoms with E-state index in [1.54, 1.807) is 0 Å². The Balaban J connectivity index is 0.000000151. The standard InChI is InChI=1S/C6H11NO.C6H12O/c8-6-4-2-1-3-5-7-6;7-6-4-2-1-3-5-6/h1-5H2,(H,7,8);6-7H,1-5H2. The van der Waals surface area contributed by atoms with Crippen molar-refractivity contribution in [1.29, 1.82) is 0 Å². The van der Waals surface area contributed by atoms with E-state index in [0.717, 1.165) is 38.6 Å². The minimum Gasteiger partial charge on any atom is -0.393 e. The van der Waals surface area contributed by atoms with Crippen LogP contribution in [0.4, 0.5) is 0 Å². The normalized spacial score (nSPS) is 23.4. The molecule has 0 spiro atoms. The fourth-order valence-electron chi connectivity index (χ4n) is 1.98. The van der Waals surface area contributed by atoms with Crippen LogP contribution < -0.4 is 5.32 Å². The molecule has 1 heterocycles. The average Bonchev–Trinajstić information content (AvgIpc) is 2.48. The van der Waals surface area contributed by atoms with Crippen LogP contribution in [0.15, 0.2) is 0 Å². The lowest BCUT2D eigenvalue weighted by Crippen LogP contribution is -2.21. The molecule has 2 N–H and O–H groups in total. The van der Waals surface area contributed by atoms with Crippen molar-refractivity contribution in [3.63, 3.8) is 0 Å². The van der Waals surface area contributed by atoms with Crippen molar-refractivity contribution in [2.45, 2.75) is 63.9 Å². The van der Waals surface area contributed by atoms with Gasteiger partial charge in [-0.2, -0.15) is 0 Å². The van der Waals surface area contributed by atoms with Crippen molar-refractivity contribution >= 4 is 5.91 Å². The van der Waals surface area contributed by atoms with Crippen LogP contribution in [0.1, 0.15) is 57.8 Å². The maximum absolute atomic E-state index is 10.6. The quantitative estimate of drug-likeness (QED) is 0.646. The summed E-state index contributed by atoms with van der Waals surface area (Å²) in [5.74, 6) is 0.225. The van der Waals surface area contributed by atoms with E-state index >= 15 is 0 Å². The van der Waals surface area contributed by atoms with Crippen LogP contribution in [0.5, 0.6) is 0 Å². The van der Waals surface area contributed by atoms with E-state index in [1.165, 1.54) is 25.7 Å². The molecule has 1 saturated heterocycles. The predicted octanol–water partition coefficient (Wildman–Crippen LogP) is 1.99. The van der Waals surface area contributed by atoms with Gasteiger partial charge in [0.1, 0.15) is 0 Å². The maximum atomic E-state index is 10.6. The number of amides is 1. The largest absolute Gasteiger partial charge is 0.393 e. The van der Waals surface area contributed by atoms with Gasteiger partial charge in [-0.3, -0.25) is 4.79 Å². The Kier molecular flexibility index (Phi) is 6.41. The second kappa shape index (κ2) is 7.69. The summed E-state index contributed by atoms with van der Waals surface area (Å²) >= 11 is 0. The minimum absolute atomic E-state index is 0.0359. The molecule has 3 heteroatoms. The van der Waals surface area contributed by atoms with Gasteiger partial charge in [-0.1, -0.05) is 25.7 Å². The second-order valence-corrected chi connectivity index (χ2v) is 4.45. The highest BCUT2D eigenvalue weighted by molar-refractivity contribution is 5.75. The molecule has 0 radical (unpaired) electrons. The number of aliphatic hydroxyl groups is 1. The van der Waals surface area contributed by atoms with Gasteiger partial charge < -0.3 is 10.4 Å². The molecule has 2 rings (SSSR count). The summed E-state index contributed by atoms with van der Waals surface area (Å²) in [6.45, 7) is 0.888. The molecule has 0 aromatic heterocycles. The molecule has 2 fully saturated rings. The molecule has 1 aliphatic carbocycles. The minimum atomic E-state index is 0.0359. The molecule has 15 heavy (non-hydrogen) atoms. The van der Waals surface area contributed by atoms with E-state index in [0.29, 0.717) is 0 Å². The van der Waals surface area contributed by atoms with Gasteiger partial charge in [0.05, 0.1) is 6.10 Å². The van der Waals surface area contributed by atoms with E-state index in [1.807, 2.05) is 0 Å². The molecule has 3 nitrogen and oxygen atoms in total. The Hall–Kier alpha value is -0.570. The summed E-state index contributed by atoms with van der Waals surface area (Å²) in [5.41, 5.74) is 0. The first kappa shape index (κ1) is 12.5. The van der Waals surface area contributed by atoms with Crippen molar-refractivity contribution in [3.8, 4) is 0 Å². The summed E-state index contributed by atoms with van der Waals surface area (Å²) in [7, 11) is 0. The molecular formula is C12H23NO2. The van der Waals surface area contributed by atoms with Gasteiger partial charge in [0, 0.05) is 13.0 Å². The summed E-state index contributed by atoms with van der Waals surface area (Å²) in [6, 6.07) is 0. The molecule has 2 aliphatic rings. The topological polar surface area (TPSA) is 49.3 Å². The lowest BCUT2D eigenvalue weighted by Gasteiger charge is -2.14. The molecule has 0 aromatic carbocycles. The van der Waals surface area contributed by atoms with Gasteiger partial charge in [0.15, 0.2) is 0 Å². The smallest absolute Gasteiger partial charge is 0.219 e. The van der Waals surface area contributed by atoms with E-state index in [9.17, 15) is 4.79 Å². The SMILES string of the molecule is O=C1CCCCCN1.OC1CCCCC1. The first-order chi connectivity index (χ1) is 7.29. The Morgan fingerprint density at radius 2 is 1.67 bits per heavy atom. The van der Waals surface area contributed by atoms with Crippen molar-refractivity contribution < 1.29 is 9.90 Å². The van der Waals surface area contributed by atoms with Crippen LogP contribution >= 0.6 is 0 Å². The zero-order valence-electron chi connectivity index (χ0n) is 9.50. The Morgan fingerprint density at radius 3 is 2.27 bits per heavy atom. The van der Waals surface area contributed by atoms with E-state index < -0.39 is 0 Å². The number of aliphatic hydroxyl groups excluding tert-OH is 1. The fourth-order valence-corrected chi connectivity index (χ4v) is 1.98. The Labute approximate surface area is 92.3 Å². The monoisotopic (exact) mass is 213 g/mol. The van der Waals surface area contributed by atoms with Crippen LogP contribution in [-0.4, -0.2) is 23.7 Å². The highest BCUT2D eigenvalue weighted by Gasteiger charge is 2.07. The second-order valence-electron chi connectivity index (χ2n) is 4.45. The van der Waals surface area contributed by atoms with Gasteiger partial charge in [0.25, 0.3) is 0 Å². The number of rotatable bonds is 0. The molecule has 0 atom stereocenters. The highest BCUT2D eigenvalue weighted by atomic mass is 16.3. The van der Waals surface area contributed by atoms with Crippen LogP contribution in [-0.2, 0) is 4.79 Å². The third kappa shape index (κ3) is 6.50. The van der Waals surface area contributed by atoms with Crippen molar-refractivity contribution in [1.82, 2.24) is 5.32 Å². The summed E-state index contributed by atoms with van der Waals surface area (Å²) in [5, 5.41) is 11.7. The average molecular weight is 213 g/mol. The Morgan fingerprint density at radius 1 is 1.00 bits per heavy atom. The zero-order chi connectivity index (χ0) is 10.9. The maximum Gasteiger partial charge on any atom is 0.219 e. The van der Waals surface area contributed by atoms with Gasteiger partial charge in [-0.25, -0.2) is 0 Å². The molecule has 0 bridgehead atoms. The van der Waals surface area contributed by atoms with E-state index in [2.05, 4.69) is 5.32 Å². The predicted molar refractivity (Wildman–Crippen MR) is 60.6 cm³/mol. The summed E-state index contributed by atoms with van der Waals surface area (Å²) in [4.78, 5) is 10.6. The molecule has 88 valence electrons. The first-order valence-electron chi connectivity index (χ1n) is 6.24. The number of nitrogens with one attached hydrogen (secondary N) is 1. The van der Waals surface area contributed by atoms with Crippen LogP contribution in [0.2, 0.25) is 0 Å². The van der Waals surface area contributed by atoms with Crippen molar-refractivity contribution in [2.75, 3.05) is 6.54 Å². The molecular weight excluding hydrogens is 190 g/mol. The van der Waals surface area contributed by atoms with Gasteiger partial charge in [-0.15, -0.1) is 0 Å². The summed E-state index contributed by atoms with van der Waals surface area (Å²) in [6.07, 6.45) is 10.1. The lowest BCUT2D eigenvalue weighted by molar-refractivity contribution is -0.120. The number of carbonyl (C=O) groups excluding carboxylic acids is 1. The van der Waals surface area contributed by atoms with Gasteiger partial charge >= 0.3 is 0 Å². The van der Waals surface area contributed by atoms with Crippen LogP contribution in [0, 0.1) is 0 Å². The molecule has 0 aromatic rings. The van der Waals surface area contributed by atoms with Crippen LogP contribution in [0.25, 0.3) is 0 Å². The first-order valence-corrected chi connectivity index (χ1v) is 6.24.